The maximum absolute atomic E-state index is 13.4. The predicted molar refractivity (Wildman–Crippen MR) is 105 cm³/mol. The van der Waals surface area contributed by atoms with Crippen LogP contribution in [0.15, 0.2) is 54.9 Å². The van der Waals surface area contributed by atoms with E-state index in [1.165, 1.54) is 0 Å². The van der Waals surface area contributed by atoms with Gasteiger partial charge in [-0.1, -0.05) is 36.4 Å². The van der Waals surface area contributed by atoms with Crippen molar-refractivity contribution in [3.63, 3.8) is 0 Å². The fourth-order valence-electron chi connectivity index (χ4n) is 3.49. The highest BCUT2D eigenvalue weighted by molar-refractivity contribution is 7.86. The highest BCUT2D eigenvalue weighted by atomic mass is 32.2. The molecule has 1 aliphatic heterocycles. The molecule has 2 aromatic rings. The zero-order chi connectivity index (χ0) is 19.1. The second-order valence-electron chi connectivity index (χ2n) is 6.80. The lowest BCUT2D eigenvalue weighted by Crippen LogP contribution is -2.47. The van der Waals surface area contributed by atoms with E-state index in [0.29, 0.717) is 32.7 Å². The van der Waals surface area contributed by atoms with Gasteiger partial charge >= 0.3 is 0 Å². The van der Waals surface area contributed by atoms with Crippen LogP contribution in [0, 0.1) is 0 Å². The molecule has 2 heterocycles. The van der Waals surface area contributed by atoms with Crippen molar-refractivity contribution in [1.82, 2.24) is 13.6 Å². The highest BCUT2D eigenvalue weighted by Gasteiger charge is 2.38. The van der Waals surface area contributed by atoms with Gasteiger partial charge in [-0.2, -0.15) is 17.0 Å². The molecule has 6 nitrogen and oxygen atoms in total. The lowest BCUT2D eigenvalue weighted by molar-refractivity contribution is 0.145. The van der Waals surface area contributed by atoms with Crippen molar-refractivity contribution in [2.24, 2.45) is 0 Å². The summed E-state index contributed by atoms with van der Waals surface area (Å²) in [5, 5.41) is 0. The Bertz CT molecular complexity index is 800. The molecule has 1 atom stereocenters. The van der Waals surface area contributed by atoms with E-state index in [2.05, 4.69) is 4.98 Å². The summed E-state index contributed by atoms with van der Waals surface area (Å²) in [5.74, 6) is 0. The summed E-state index contributed by atoms with van der Waals surface area (Å²) in [5.41, 5.74) is 2.01. The second-order valence-corrected chi connectivity index (χ2v) is 8.68. The average Bonchev–Trinajstić information content (AvgIpc) is 3.16. The van der Waals surface area contributed by atoms with Gasteiger partial charge in [0.05, 0.1) is 6.61 Å². The summed E-state index contributed by atoms with van der Waals surface area (Å²) >= 11 is 0. The fourth-order valence-corrected chi connectivity index (χ4v) is 5.32. The third kappa shape index (κ3) is 5.13. The summed E-state index contributed by atoms with van der Waals surface area (Å²) < 4.78 is 35.3. The minimum atomic E-state index is -3.58. The van der Waals surface area contributed by atoms with Gasteiger partial charge in [0.2, 0.25) is 0 Å². The summed E-state index contributed by atoms with van der Waals surface area (Å²) in [6, 6.07) is 13.6. The molecule has 0 N–H and O–H groups in total. The molecule has 0 aliphatic carbocycles. The maximum atomic E-state index is 13.4. The quantitative estimate of drug-likeness (QED) is 0.661. The Kier molecular flexibility index (Phi) is 6.95. The monoisotopic (exact) mass is 389 g/mol. The minimum absolute atomic E-state index is 0.0897. The summed E-state index contributed by atoms with van der Waals surface area (Å²) in [7, 11) is -1.96. The Morgan fingerprint density at radius 1 is 1.19 bits per heavy atom. The Hall–Kier alpha value is -1.80. The van der Waals surface area contributed by atoms with E-state index in [9.17, 15) is 8.42 Å². The number of methoxy groups -OCH3 is 1. The van der Waals surface area contributed by atoms with Crippen molar-refractivity contribution in [3.05, 3.63) is 66.0 Å². The van der Waals surface area contributed by atoms with Crippen LogP contribution < -0.4 is 0 Å². The zero-order valence-corrected chi connectivity index (χ0v) is 16.5. The largest absolute Gasteiger partial charge is 0.383 e. The molecule has 3 rings (SSSR count). The standard InChI is InChI=1S/C20H27N3O3S/c1-26-17-20-10-6-13-23(20)27(24,25)22(16-19-9-5-12-21-15-19)14-11-18-7-3-2-4-8-18/h2-5,7-9,12,15,20H,6,10-11,13-14,16-17H2,1H3. The fraction of sp³-hybridized carbons (Fsp3) is 0.450. The smallest absolute Gasteiger partial charge is 0.282 e. The Morgan fingerprint density at radius 2 is 1.96 bits per heavy atom. The lowest BCUT2D eigenvalue weighted by Gasteiger charge is -2.31. The van der Waals surface area contributed by atoms with Crippen molar-refractivity contribution in [1.29, 1.82) is 0 Å². The van der Waals surface area contributed by atoms with Gasteiger partial charge in [0.1, 0.15) is 0 Å². The van der Waals surface area contributed by atoms with E-state index < -0.39 is 10.2 Å². The number of benzene rings is 1. The summed E-state index contributed by atoms with van der Waals surface area (Å²) in [6.45, 7) is 1.72. The summed E-state index contributed by atoms with van der Waals surface area (Å²) in [4.78, 5) is 4.12. The van der Waals surface area contributed by atoms with Crippen molar-refractivity contribution < 1.29 is 13.2 Å². The molecule has 0 radical (unpaired) electrons. The third-order valence-corrected chi connectivity index (χ3v) is 6.92. The number of aromatic nitrogens is 1. The number of pyridine rings is 1. The topological polar surface area (TPSA) is 62.7 Å². The molecule has 1 aromatic heterocycles. The molecular weight excluding hydrogens is 362 g/mol. The molecule has 1 saturated heterocycles. The van der Waals surface area contributed by atoms with Gasteiger partial charge in [0, 0.05) is 45.2 Å². The van der Waals surface area contributed by atoms with Crippen LogP contribution >= 0.6 is 0 Å². The van der Waals surface area contributed by atoms with E-state index in [4.69, 9.17) is 4.74 Å². The van der Waals surface area contributed by atoms with Crippen LogP contribution in [0.3, 0.4) is 0 Å². The molecule has 7 heteroatoms. The molecule has 27 heavy (non-hydrogen) atoms. The molecule has 0 saturated carbocycles. The molecule has 0 spiro atoms. The molecule has 146 valence electrons. The molecular formula is C20H27N3O3S. The van der Waals surface area contributed by atoms with Gasteiger partial charge in [-0.25, -0.2) is 0 Å². The Morgan fingerprint density at radius 3 is 2.67 bits per heavy atom. The predicted octanol–water partition coefficient (Wildman–Crippen LogP) is 2.48. The van der Waals surface area contributed by atoms with Crippen LogP contribution in [0.4, 0.5) is 0 Å². The first-order valence-electron chi connectivity index (χ1n) is 9.30. The molecule has 1 aromatic carbocycles. The Balaban J connectivity index is 1.81. The molecule has 0 bridgehead atoms. The van der Waals surface area contributed by atoms with Gasteiger partial charge in [-0.05, 0) is 36.5 Å². The highest BCUT2D eigenvalue weighted by Crippen LogP contribution is 2.25. The normalized spacial score (nSPS) is 18.2. The molecule has 1 aliphatic rings. The van der Waals surface area contributed by atoms with Crippen molar-refractivity contribution in [2.75, 3.05) is 26.8 Å². The van der Waals surface area contributed by atoms with Crippen molar-refractivity contribution in [2.45, 2.75) is 31.8 Å². The van der Waals surface area contributed by atoms with E-state index in [1.807, 2.05) is 42.5 Å². The van der Waals surface area contributed by atoms with Gasteiger partial charge < -0.3 is 4.74 Å². The van der Waals surface area contributed by atoms with E-state index in [1.54, 1.807) is 28.1 Å². The number of ether oxygens (including phenoxy) is 1. The second kappa shape index (κ2) is 9.41. The van der Waals surface area contributed by atoms with Crippen LogP contribution in [0.5, 0.6) is 0 Å². The van der Waals surface area contributed by atoms with Crippen LogP contribution in [0.1, 0.15) is 24.0 Å². The first-order valence-corrected chi connectivity index (χ1v) is 10.7. The zero-order valence-electron chi connectivity index (χ0n) is 15.7. The van der Waals surface area contributed by atoms with Crippen LogP contribution in [0.25, 0.3) is 0 Å². The number of rotatable bonds is 9. The van der Waals surface area contributed by atoms with Crippen molar-refractivity contribution >= 4 is 10.2 Å². The van der Waals surface area contributed by atoms with Gasteiger partial charge in [-0.3, -0.25) is 4.98 Å². The summed E-state index contributed by atoms with van der Waals surface area (Å²) in [6.07, 6.45) is 5.80. The van der Waals surface area contributed by atoms with E-state index in [-0.39, 0.29) is 6.04 Å². The number of hydrogen-bond acceptors (Lipinski definition) is 4. The number of hydrogen-bond donors (Lipinski definition) is 0. The minimum Gasteiger partial charge on any atom is -0.383 e. The molecule has 0 amide bonds. The Labute approximate surface area is 162 Å². The lowest BCUT2D eigenvalue weighted by atomic mass is 10.1. The first kappa shape index (κ1) is 19.9. The number of nitrogens with zero attached hydrogens (tertiary/aromatic N) is 3. The molecule has 1 fully saturated rings. The van der Waals surface area contributed by atoms with Crippen LogP contribution in [-0.2, 0) is 27.9 Å². The van der Waals surface area contributed by atoms with Crippen LogP contribution in [0.2, 0.25) is 0 Å². The molecule has 1 unspecified atom stereocenters. The first-order chi connectivity index (χ1) is 13.1. The SMILES string of the molecule is COCC1CCCN1S(=O)(=O)N(CCc1ccccc1)Cc1cccnc1. The third-order valence-electron chi connectivity index (χ3n) is 4.88. The van der Waals surface area contributed by atoms with E-state index >= 15 is 0 Å². The van der Waals surface area contributed by atoms with Gasteiger partial charge in [0.25, 0.3) is 10.2 Å². The van der Waals surface area contributed by atoms with Crippen molar-refractivity contribution in [3.8, 4) is 0 Å². The maximum Gasteiger partial charge on any atom is 0.282 e. The van der Waals surface area contributed by atoms with E-state index in [0.717, 1.165) is 24.0 Å². The van der Waals surface area contributed by atoms with Crippen LogP contribution in [-0.4, -0.2) is 54.9 Å². The average molecular weight is 390 g/mol. The van der Waals surface area contributed by atoms with Gasteiger partial charge in [-0.15, -0.1) is 0 Å². The van der Waals surface area contributed by atoms with Gasteiger partial charge in [0.15, 0.2) is 0 Å².